The number of rotatable bonds is 3. The number of hydrogen-bond donors (Lipinski definition) is 1. The summed E-state index contributed by atoms with van der Waals surface area (Å²) in [6, 6.07) is 7.86. The van der Waals surface area contributed by atoms with E-state index in [1.54, 1.807) is 32.3 Å². The van der Waals surface area contributed by atoms with Crippen LogP contribution in [0.4, 0.5) is 5.69 Å². The second-order valence-electron chi connectivity index (χ2n) is 4.33. The van der Waals surface area contributed by atoms with Gasteiger partial charge in [0.1, 0.15) is 0 Å². The van der Waals surface area contributed by atoms with Gasteiger partial charge in [-0.3, -0.25) is 9.59 Å². The number of nitrogens with zero attached hydrogens (tertiary/aromatic N) is 1. The number of carbonyl (C=O) groups excluding carboxylic acids is 2. The van der Waals surface area contributed by atoms with Gasteiger partial charge >= 0.3 is 0 Å². The number of benzene rings is 1. The lowest BCUT2D eigenvalue weighted by Crippen LogP contribution is -2.22. The van der Waals surface area contributed by atoms with Crippen molar-refractivity contribution in [3.8, 4) is 0 Å². The lowest BCUT2D eigenvalue weighted by Gasteiger charge is -2.12. The molecule has 0 aliphatic carbocycles. The standard InChI is InChI=1S/C14H13ClN2O3/c1-17(2)14(19)9-5-6-10(15)11(8-9)16-13(18)12-4-3-7-20-12/h3-8H,1-2H3,(H,16,18). The van der Waals surface area contributed by atoms with Gasteiger partial charge in [-0.1, -0.05) is 11.6 Å². The summed E-state index contributed by atoms with van der Waals surface area (Å²) in [5.74, 6) is -0.424. The van der Waals surface area contributed by atoms with Gasteiger partial charge in [0.05, 0.1) is 17.0 Å². The molecule has 0 bridgehead atoms. The molecule has 2 rings (SSSR count). The molecule has 6 heteroatoms. The summed E-state index contributed by atoms with van der Waals surface area (Å²) >= 11 is 6.02. The van der Waals surface area contributed by atoms with Gasteiger partial charge in [0.25, 0.3) is 11.8 Å². The lowest BCUT2D eigenvalue weighted by molar-refractivity contribution is 0.0827. The van der Waals surface area contributed by atoms with E-state index >= 15 is 0 Å². The van der Waals surface area contributed by atoms with Crippen LogP contribution in [0.5, 0.6) is 0 Å². The van der Waals surface area contributed by atoms with Crippen molar-refractivity contribution in [2.45, 2.75) is 0 Å². The van der Waals surface area contributed by atoms with Crippen molar-refractivity contribution in [3.05, 3.63) is 52.9 Å². The van der Waals surface area contributed by atoms with Crippen LogP contribution in [0, 0.1) is 0 Å². The molecule has 0 aliphatic rings. The molecular weight excluding hydrogens is 280 g/mol. The Bertz CT molecular complexity index is 636. The molecule has 1 heterocycles. The predicted molar refractivity (Wildman–Crippen MR) is 76.1 cm³/mol. The van der Waals surface area contributed by atoms with E-state index in [2.05, 4.69) is 5.32 Å². The molecule has 2 amide bonds. The third-order valence-corrected chi connectivity index (χ3v) is 2.94. The highest BCUT2D eigenvalue weighted by Crippen LogP contribution is 2.24. The molecular formula is C14H13ClN2O3. The van der Waals surface area contributed by atoms with Crippen molar-refractivity contribution < 1.29 is 14.0 Å². The van der Waals surface area contributed by atoms with Crippen LogP contribution in [0.2, 0.25) is 5.02 Å². The zero-order valence-corrected chi connectivity index (χ0v) is 11.8. The van der Waals surface area contributed by atoms with E-state index in [4.69, 9.17) is 16.0 Å². The van der Waals surface area contributed by atoms with Crippen LogP contribution in [0.1, 0.15) is 20.9 Å². The molecule has 0 unspecified atom stereocenters. The van der Waals surface area contributed by atoms with Gasteiger partial charge in [-0.05, 0) is 30.3 Å². The summed E-state index contributed by atoms with van der Waals surface area (Å²) in [6.45, 7) is 0. The van der Waals surface area contributed by atoms with Crippen LogP contribution in [0.15, 0.2) is 41.0 Å². The zero-order chi connectivity index (χ0) is 14.7. The van der Waals surface area contributed by atoms with Crippen molar-refractivity contribution in [2.75, 3.05) is 19.4 Å². The minimum absolute atomic E-state index is 0.171. The molecule has 0 atom stereocenters. The Balaban J connectivity index is 2.25. The molecule has 0 saturated carbocycles. The van der Waals surface area contributed by atoms with Crippen LogP contribution in [0.3, 0.4) is 0 Å². The monoisotopic (exact) mass is 292 g/mol. The van der Waals surface area contributed by atoms with E-state index in [0.29, 0.717) is 16.3 Å². The Morgan fingerprint density at radius 2 is 2.00 bits per heavy atom. The van der Waals surface area contributed by atoms with Crippen molar-refractivity contribution in [2.24, 2.45) is 0 Å². The Labute approximate surface area is 121 Å². The number of carbonyl (C=O) groups is 2. The first-order valence-corrected chi connectivity index (χ1v) is 6.23. The smallest absolute Gasteiger partial charge is 0.291 e. The molecule has 0 radical (unpaired) electrons. The van der Waals surface area contributed by atoms with Gasteiger partial charge in [0.2, 0.25) is 0 Å². The summed E-state index contributed by atoms with van der Waals surface area (Å²) in [5, 5.41) is 2.96. The fourth-order valence-corrected chi connectivity index (χ4v) is 1.77. The molecule has 0 fully saturated rings. The molecule has 2 aromatic rings. The van der Waals surface area contributed by atoms with Gasteiger partial charge in [-0.2, -0.15) is 0 Å². The summed E-state index contributed by atoms with van der Waals surface area (Å²) in [5.41, 5.74) is 0.801. The average Bonchev–Trinajstić information content (AvgIpc) is 2.94. The van der Waals surface area contributed by atoms with Gasteiger partial charge in [-0.25, -0.2) is 0 Å². The first-order valence-electron chi connectivity index (χ1n) is 5.85. The van der Waals surface area contributed by atoms with E-state index < -0.39 is 5.91 Å². The number of amides is 2. The van der Waals surface area contributed by atoms with Gasteiger partial charge in [-0.15, -0.1) is 0 Å². The summed E-state index contributed by atoms with van der Waals surface area (Å²) in [6.07, 6.45) is 1.41. The zero-order valence-electron chi connectivity index (χ0n) is 11.0. The summed E-state index contributed by atoms with van der Waals surface area (Å²) in [4.78, 5) is 25.2. The first kappa shape index (κ1) is 14.1. The van der Waals surface area contributed by atoms with E-state index in [9.17, 15) is 9.59 Å². The first-order chi connectivity index (χ1) is 9.49. The molecule has 1 N–H and O–H groups in total. The van der Waals surface area contributed by atoms with E-state index in [1.807, 2.05) is 0 Å². The second-order valence-corrected chi connectivity index (χ2v) is 4.73. The third kappa shape index (κ3) is 3.00. The van der Waals surface area contributed by atoms with Crippen LogP contribution in [-0.4, -0.2) is 30.8 Å². The number of nitrogens with one attached hydrogen (secondary N) is 1. The van der Waals surface area contributed by atoms with E-state index in [-0.39, 0.29) is 11.7 Å². The Kier molecular flexibility index (Phi) is 4.10. The van der Waals surface area contributed by atoms with Crippen molar-refractivity contribution in [1.82, 2.24) is 4.90 Å². The second kappa shape index (κ2) is 5.79. The highest BCUT2D eigenvalue weighted by molar-refractivity contribution is 6.34. The SMILES string of the molecule is CN(C)C(=O)c1ccc(Cl)c(NC(=O)c2ccco2)c1. The highest BCUT2D eigenvalue weighted by atomic mass is 35.5. The molecule has 0 aliphatic heterocycles. The predicted octanol–water partition coefficient (Wildman–Crippen LogP) is 2.89. The van der Waals surface area contributed by atoms with Gasteiger partial charge < -0.3 is 14.6 Å². The minimum Gasteiger partial charge on any atom is -0.459 e. The summed E-state index contributed by atoms with van der Waals surface area (Å²) in [7, 11) is 3.30. The maximum absolute atomic E-state index is 11.9. The maximum atomic E-state index is 11.9. The number of hydrogen-bond acceptors (Lipinski definition) is 3. The largest absolute Gasteiger partial charge is 0.459 e. The summed E-state index contributed by atoms with van der Waals surface area (Å²) < 4.78 is 4.99. The molecule has 0 saturated heterocycles. The van der Waals surface area contributed by atoms with E-state index in [0.717, 1.165) is 0 Å². The quantitative estimate of drug-likeness (QED) is 0.946. The molecule has 5 nitrogen and oxygen atoms in total. The topological polar surface area (TPSA) is 62.6 Å². The molecule has 0 spiro atoms. The fraction of sp³-hybridized carbons (Fsp3) is 0.143. The van der Waals surface area contributed by atoms with Crippen LogP contribution >= 0.6 is 11.6 Å². The molecule has 104 valence electrons. The van der Waals surface area contributed by atoms with Crippen LogP contribution in [0.25, 0.3) is 0 Å². The normalized spacial score (nSPS) is 10.2. The van der Waals surface area contributed by atoms with Gasteiger partial charge in [0, 0.05) is 19.7 Å². The van der Waals surface area contributed by atoms with Crippen molar-refractivity contribution in [1.29, 1.82) is 0 Å². The number of furan rings is 1. The minimum atomic E-state index is -0.425. The maximum Gasteiger partial charge on any atom is 0.291 e. The highest BCUT2D eigenvalue weighted by Gasteiger charge is 2.14. The molecule has 1 aromatic carbocycles. The fourth-order valence-electron chi connectivity index (χ4n) is 1.60. The molecule has 20 heavy (non-hydrogen) atoms. The Morgan fingerprint density at radius 1 is 1.25 bits per heavy atom. The van der Waals surface area contributed by atoms with Crippen LogP contribution in [-0.2, 0) is 0 Å². The Hall–Kier alpha value is -2.27. The van der Waals surface area contributed by atoms with Crippen LogP contribution < -0.4 is 5.32 Å². The van der Waals surface area contributed by atoms with Crippen molar-refractivity contribution in [3.63, 3.8) is 0 Å². The lowest BCUT2D eigenvalue weighted by atomic mass is 10.1. The van der Waals surface area contributed by atoms with E-state index in [1.165, 1.54) is 23.3 Å². The Morgan fingerprint density at radius 3 is 2.60 bits per heavy atom. The third-order valence-electron chi connectivity index (χ3n) is 2.61. The average molecular weight is 293 g/mol. The number of halogens is 1. The number of anilines is 1. The van der Waals surface area contributed by atoms with Crippen molar-refractivity contribution >= 4 is 29.1 Å². The molecule has 1 aromatic heterocycles. The van der Waals surface area contributed by atoms with Gasteiger partial charge in [0.15, 0.2) is 5.76 Å².